The summed E-state index contributed by atoms with van der Waals surface area (Å²) >= 11 is 0. The lowest BCUT2D eigenvalue weighted by molar-refractivity contribution is -0.160. The Balaban J connectivity index is 1.63. The van der Waals surface area contributed by atoms with Crippen molar-refractivity contribution in [3.63, 3.8) is 0 Å². The third-order valence-electron chi connectivity index (χ3n) is 11.3. The minimum absolute atomic E-state index is 0.0634. The van der Waals surface area contributed by atoms with E-state index >= 15 is 0 Å². The number of fused-ring (bicyclic) bond motifs is 5. The van der Waals surface area contributed by atoms with Crippen molar-refractivity contribution in [1.29, 1.82) is 0 Å². The summed E-state index contributed by atoms with van der Waals surface area (Å²) in [6.07, 6.45) is 7.96. The van der Waals surface area contributed by atoms with E-state index in [0.717, 1.165) is 19.3 Å². The van der Waals surface area contributed by atoms with E-state index in [9.17, 15) is 24.6 Å². The normalized spacial score (nSPS) is 44.4. The topological polar surface area (TPSA) is 112 Å². The van der Waals surface area contributed by atoms with Crippen LogP contribution in [0.2, 0.25) is 0 Å². The van der Waals surface area contributed by atoms with Crippen LogP contribution in [-0.4, -0.2) is 44.1 Å². The van der Waals surface area contributed by atoms with Crippen LogP contribution in [0.3, 0.4) is 0 Å². The molecule has 0 aromatic rings. The average molecular weight is 501 g/mol. The Hall–Kier alpha value is -1.79. The van der Waals surface area contributed by atoms with Gasteiger partial charge in [-0.2, -0.15) is 0 Å². The van der Waals surface area contributed by atoms with Crippen LogP contribution in [0.5, 0.6) is 0 Å². The van der Waals surface area contributed by atoms with Gasteiger partial charge >= 0.3 is 5.97 Å². The number of hydrogen-bond acceptors (Lipinski definition) is 5. The standard InChI is InChI=1S/C30H44O6/c1-17(9-8-10-18(2)25(33)34)24(32)21-15-28(6)19-11-12-22-26(3,4)23(31)13-14-27(22,5)20(19)16-30(28,36)29(21,7)35/h10,16-17,19,21-22,35-36H,8-9,11-15H2,1-7H3,(H,33,34)/b18-10+/t17-,19+,21-,22-,27+,28-,29+,30-/m0/s1. The van der Waals surface area contributed by atoms with Gasteiger partial charge in [-0.05, 0) is 75.7 Å². The minimum Gasteiger partial charge on any atom is -0.478 e. The van der Waals surface area contributed by atoms with E-state index in [1.54, 1.807) is 13.0 Å². The zero-order valence-electron chi connectivity index (χ0n) is 23.0. The van der Waals surface area contributed by atoms with E-state index in [1.807, 2.05) is 19.9 Å². The van der Waals surface area contributed by atoms with Crippen molar-refractivity contribution in [3.8, 4) is 0 Å². The Morgan fingerprint density at radius 2 is 1.78 bits per heavy atom. The molecule has 0 bridgehead atoms. The summed E-state index contributed by atoms with van der Waals surface area (Å²) in [5.41, 5.74) is -2.99. The Morgan fingerprint density at radius 3 is 2.39 bits per heavy atom. The smallest absolute Gasteiger partial charge is 0.330 e. The van der Waals surface area contributed by atoms with E-state index in [4.69, 9.17) is 5.11 Å². The average Bonchev–Trinajstić information content (AvgIpc) is 3.12. The minimum atomic E-state index is -1.61. The molecule has 6 nitrogen and oxygen atoms in total. The summed E-state index contributed by atoms with van der Waals surface area (Å²) in [5.74, 6) is -1.51. The number of carbonyl (C=O) groups is 3. The van der Waals surface area contributed by atoms with E-state index in [1.165, 1.54) is 12.5 Å². The van der Waals surface area contributed by atoms with Gasteiger partial charge in [0.25, 0.3) is 0 Å². The van der Waals surface area contributed by atoms with Crippen molar-refractivity contribution in [2.75, 3.05) is 0 Å². The summed E-state index contributed by atoms with van der Waals surface area (Å²) in [4.78, 5) is 37.4. The van der Waals surface area contributed by atoms with E-state index in [-0.39, 0.29) is 34.5 Å². The number of allylic oxidation sites excluding steroid dienone is 2. The second kappa shape index (κ2) is 8.36. The quantitative estimate of drug-likeness (QED) is 0.354. The largest absolute Gasteiger partial charge is 0.478 e. The molecule has 0 heterocycles. The lowest BCUT2D eigenvalue weighted by atomic mass is 9.47. The van der Waals surface area contributed by atoms with Crippen molar-refractivity contribution in [2.45, 2.75) is 105 Å². The highest BCUT2D eigenvalue weighted by atomic mass is 16.4. The Labute approximate surface area is 215 Å². The van der Waals surface area contributed by atoms with Gasteiger partial charge in [-0.1, -0.05) is 46.3 Å². The second-order valence-electron chi connectivity index (χ2n) is 13.5. The third kappa shape index (κ3) is 3.46. The first-order valence-corrected chi connectivity index (χ1v) is 13.6. The number of rotatable bonds is 6. The summed E-state index contributed by atoms with van der Waals surface area (Å²) in [6, 6.07) is 0. The number of carboxylic acids is 1. The highest BCUT2D eigenvalue weighted by molar-refractivity contribution is 5.87. The van der Waals surface area contributed by atoms with Gasteiger partial charge in [-0.25, -0.2) is 4.79 Å². The number of carboxylic acid groups (broad SMARTS) is 1. The van der Waals surface area contributed by atoms with Gasteiger partial charge in [-0.3, -0.25) is 9.59 Å². The lowest BCUT2D eigenvalue weighted by Crippen LogP contribution is -2.57. The maximum Gasteiger partial charge on any atom is 0.330 e. The SMILES string of the molecule is C/C(=C\CC[C@H](C)C(=O)[C@@H]1C[C@@]2(C)[C@@H]3CC[C@H]4C(C)(C)C(=O)CC[C@]4(C)C3=C[C@@]2(O)[C@]1(C)O)C(=O)O. The molecule has 3 N–H and O–H groups in total. The molecule has 8 atom stereocenters. The zero-order chi connectivity index (χ0) is 27.1. The summed E-state index contributed by atoms with van der Waals surface area (Å²) in [6.45, 7) is 13.4. The summed E-state index contributed by atoms with van der Waals surface area (Å²) in [7, 11) is 0. The lowest BCUT2D eigenvalue weighted by Gasteiger charge is -2.56. The van der Waals surface area contributed by atoms with E-state index < -0.39 is 33.9 Å². The van der Waals surface area contributed by atoms with Crippen molar-refractivity contribution >= 4 is 17.5 Å². The van der Waals surface area contributed by atoms with Gasteiger partial charge < -0.3 is 15.3 Å². The van der Waals surface area contributed by atoms with Crippen molar-refractivity contribution in [3.05, 3.63) is 23.3 Å². The van der Waals surface area contributed by atoms with Crippen LogP contribution in [0, 0.1) is 39.9 Å². The zero-order valence-corrected chi connectivity index (χ0v) is 23.0. The molecule has 0 unspecified atom stereocenters. The van der Waals surface area contributed by atoms with Crippen molar-refractivity contribution in [1.82, 2.24) is 0 Å². The molecule has 4 aliphatic carbocycles. The van der Waals surface area contributed by atoms with Gasteiger partial charge in [0.15, 0.2) is 0 Å². The number of aliphatic hydroxyl groups is 2. The Morgan fingerprint density at radius 1 is 1.14 bits per heavy atom. The molecule has 0 aromatic carbocycles. The van der Waals surface area contributed by atoms with Gasteiger partial charge in [0.05, 0.1) is 5.92 Å². The maximum atomic E-state index is 13.6. The molecular formula is C30H44O6. The monoisotopic (exact) mass is 500 g/mol. The number of ketones is 2. The Bertz CT molecular complexity index is 1050. The van der Waals surface area contributed by atoms with Gasteiger partial charge in [-0.15, -0.1) is 0 Å². The molecular weight excluding hydrogens is 456 g/mol. The molecule has 3 saturated carbocycles. The fourth-order valence-corrected chi connectivity index (χ4v) is 8.77. The van der Waals surface area contributed by atoms with Gasteiger partial charge in [0.2, 0.25) is 0 Å². The van der Waals surface area contributed by atoms with Crippen LogP contribution in [0.1, 0.15) is 93.4 Å². The predicted octanol–water partition coefficient (Wildman–Crippen LogP) is 4.87. The molecule has 36 heavy (non-hydrogen) atoms. The van der Waals surface area contributed by atoms with Gasteiger partial charge in [0.1, 0.15) is 22.8 Å². The molecule has 6 heteroatoms. The number of aliphatic carboxylic acids is 1. The number of Topliss-reactive ketones (excluding diaryl/α,β-unsaturated/α-hetero) is 2. The first kappa shape index (κ1) is 27.3. The van der Waals surface area contributed by atoms with Crippen LogP contribution >= 0.6 is 0 Å². The maximum absolute atomic E-state index is 13.6. The van der Waals surface area contributed by atoms with Crippen LogP contribution in [0.15, 0.2) is 23.3 Å². The van der Waals surface area contributed by atoms with E-state index in [2.05, 4.69) is 20.8 Å². The van der Waals surface area contributed by atoms with Crippen molar-refractivity contribution < 1.29 is 29.7 Å². The van der Waals surface area contributed by atoms with Crippen LogP contribution in [0.4, 0.5) is 0 Å². The third-order valence-corrected chi connectivity index (χ3v) is 11.3. The molecule has 0 spiro atoms. The molecule has 200 valence electrons. The van der Waals surface area contributed by atoms with Crippen LogP contribution in [0.25, 0.3) is 0 Å². The van der Waals surface area contributed by atoms with Crippen molar-refractivity contribution in [2.24, 2.45) is 39.9 Å². The molecule has 0 aromatic heterocycles. The molecule has 4 rings (SSSR count). The molecule has 0 aliphatic heterocycles. The highest BCUT2D eigenvalue weighted by Crippen LogP contribution is 2.72. The first-order chi connectivity index (χ1) is 16.4. The summed E-state index contributed by atoms with van der Waals surface area (Å²) in [5, 5.41) is 33.1. The molecule has 3 fully saturated rings. The molecule has 0 radical (unpaired) electrons. The summed E-state index contributed by atoms with van der Waals surface area (Å²) < 4.78 is 0. The molecule has 4 aliphatic rings. The molecule has 0 saturated heterocycles. The van der Waals surface area contributed by atoms with Gasteiger partial charge in [0, 0.05) is 28.7 Å². The fraction of sp³-hybridized carbons (Fsp3) is 0.767. The number of hydrogen-bond donors (Lipinski definition) is 3. The fourth-order valence-electron chi connectivity index (χ4n) is 8.77. The van der Waals surface area contributed by atoms with Crippen LogP contribution < -0.4 is 0 Å². The Kier molecular flexibility index (Phi) is 6.33. The number of carbonyl (C=O) groups excluding carboxylic acids is 2. The first-order valence-electron chi connectivity index (χ1n) is 13.6. The predicted molar refractivity (Wildman–Crippen MR) is 137 cm³/mol. The molecule has 0 amide bonds. The van der Waals surface area contributed by atoms with Crippen LogP contribution in [-0.2, 0) is 14.4 Å². The van der Waals surface area contributed by atoms with E-state index in [0.29, 0.717) is 31.5 Å². The second-order valence-corrected chi connectivity index (χ2v) is 13.5. The highest BCUT2D eigenvalue weighted by Gasteiger charge is 2.75.